The van der Waals surface area contributed by atoms with Gasteiger partial charge in [0.25, 0.3) is 0 Å². The number of nitrogens with zero attached hydrogens (tertiary/aromatic N) is 2. The smallest absolute Gasteiger partial charge is 0.163 e. The fourth-order valence-corrected chi connectivity index (χ4v) is 1.39. The van der Waals surface area contributed by atoms with Gasteiger partial charge in [-0.05, 0) is 30.4 Å². The van der Waals surface area contributed by atoms with Gasteiger partial charge in [-0.15, -0.1) is 10.2 Å². The maximum atomic E-state index is 5.85. The summed E-state index contributed by atoms with van der Waals surface area (Å²) in [4.78, 5) is 0. The first-order chi connectivity index (χ1) is 5.81. The molecule has 0 amide bonds. The first-order valence-electron chi connectivity index (χ1n) is 3.81. The molecule has 0 bridgehead atoms. The number of anilines is 1. The average molecular weight is 185 g/mol. The van der Waals surface area contributed by atoms with E-state index < -0.39 is 0 Å². The van der Waals surface area contributed by atoms with E-state index in [0.717, 1.165) is 5.56 Å². The fraction of sp³-hybridized carbons (Fsp3) is 0.429. The second-order valence-electron chi connectivity index (χ2n) is 2.89. The monoisotopic (exact) mass is 184 g/mol. The van der Waals surface area contributed by atoms with E-state index in [4.69, 9.17) is 17.4 Å². The minimum Gasteiger partial charge on any atom is -0.307 e. The highest BCUT2D eigenvalue weighted by atomic mass is 35.5. The van der Waals surface area contributed by atoms with Gasteiger partial charge in [0, 0.05) is 0 Å². The number of halogens is 1. The molecule has 0 radical (unpaired) electrons. The molecule has 0 aromatic carbocycles. The standard InChI is InChI=1S/C7H9ClN4/c8-7-5(4-1-2-4)3-6(10-9)11-12-7/h3-4H,1-2,9H2,(H,10,11). The molecule has 5 heteroatoms. The van der Waals surface area contributed by atoms with E-state index >= 15 is 0 Å². The quantitative estimate of drug-likeness (QED) is 0.537. The van der Waals surface area contributed by atoms with Crippen LogP contribution in [0.25, 0.3) is 0 Å². The number of nitrogen functional groups attached to an aromatic ring is 1. The molecular formula is C7H9ClN4. The van der Waals surface area contributed by atoms with Crippen LogP contribution in [-0.4, -0.2) is 10.2 Å². The van der Waals surface area contributed by atoms with Gasteiger partial charge in [-0.1, -0.05) is 11.6 Å². The van der Waals surface area contributed by atoms with Crippen molar-refractivity contribution in [1.82, 2.24) is 10.2 Å². The van der Waals surface area contributed by atoms with Gasteiger partial charge in [-0.3, -0.25) is 0 Å². The Morgan fingerprint density at radius 2 is 2.25 bits per heavy atom. The SMILES string of the molecule is NNc1cc(C2CC2)c(Cl)nn1. The summed E-state index contributed by atoms with van der Waals surface area (Å²) in [6, 6.07) is 1.85. The van der Waals surface area contributed by atoms with Crippen molar-refractivity contribution in [3.8, 4) is 0 Å². The van der Waals surface area contributed by atoms with E-state index in [2.05, 4.69) is 15.6 Å². The lowest BCUT2D eigenvalue weighted by molar-refractivity contribution is 0.973. The number of rotatable bonds is 2. The minimum absolute atomic E-state index is 0.497. The summed E-state index contributed by atoms with van der Waals surface area (Å²) in [6.45, 7) is 0. The normalized spacial score (nSPS) is 16.2. The van der Waals surface area contributed by atoms with Crippen LogP contribution >= 0.6 is 11.6 Å². The van der Waals surface area contributed by atoms with Gasteiger partial charge in [0.2, 0.25) is 0 Å². The number of hydrogen-bond donors (Lipinski definition) is 2. The molecule has 1 aromatic heterocycles. The van der Waals surface area contributed by atoms with Crippen molar-refractivity contribution in [3.05, 3.63) is 16.8 Å². The van der Waals surface area contributed by atoms with Crippen molar-refractivity contribution < 1.29 is 0 Å². The molecule has 2 rings (SSSR count). The van der Waals surface area contributed by atoms with Crippen molar-refractivity contribution in [2.45, 2.75) is 18.8 Å². The topological polar surface area (TPSA) is 63.8 Å². The van der Waals surface area contributed by atoms with E-state index in [1.807, 2.05) is 6.07 Å². The van der Waals surface area contributed by atoms with Gasteiger partial charge in [-0.2, -0.15) is 0 Å². The van der Waals surface area contributed by atoms with Crippen LogP contribution in [0.5, 0.6) is 0 Å². The van der Waals surface area contributed by atoms with E-state index in [1.54, 1.807) is 0 Å². The predicted octanol–water partition coefficient (Wildman–Crippen LogP) is 1.29. The second kappa shape index (κ2) is 2.88. The first-order valence-corrected chi connectivity index (χ1v) is 4.19. The zero-order valence-corrected chi connectivity index (χ0v) is 7.17. The molecule has 1 fully saturated rings. The zero-order valence-electron chi connectivity index (χ0n) is 6.42. The van der Waals surface area contributed by atoms with Gasteiger partial charge in [0.15, 0.2) is 11.0 Å². The molecule has 1 aliphatic rings. The maximum Gasteiger partial charge on any atom is 0.163 e. The highest BCUT2D eigenvalue weighted by molar-refractivity contribution is 6.30. The van der Waals surface area contributed by atoms with E-state index in [0.29, 0.717) is 16.9 Å². The lowest BCUT2D eigenvalue weighted by atomic mass is 10.2. The van der Waals surface area contributed by atoms with Crippen LogP contribution in [0, 0.1) is 0 Å². The number of hydrogen-bond acceptors (Lipinski definition) is 4. The first kappa shape index (κ1) is 7.76. The van der Waals surface area contributed by atoms with Gasteiger partial charge in [-0.25, -0.2) is 5.84 Å². The third kappa shape index (κ3) is 1.35. The Morgan fingerprint density at radius 1 is 1.50 bits per heavy atom. The number of aromatic nitrogens is 2. The highest BCUT2D eigenvalue weighted by Gasteiger charge is 2.26. The van der Waals surface area contributed by atoms with Crippen LogP contribution in [0.15, 0.2) is 6.07 Å². The molecule has 1 aliphatic carbocycles. The lowest BCUT2D eigenvalue weighted by Gasteiger charge is -2.02. The maximum absolute atomic E-state index is 5.85. The summed E-state index contributed by atoms with van der Waals surface area (Å²) in [5.41, 5.74) is 3.50. The number of nitrogens with one attached hydrogen (secondary N) is 1. The van der Waals surface area contributed by atoms with Crippen molar-refractivity contribution in [1.29, 1.82) is 0 Å². The van der Waals surface area contributed by atoms with Crippen molar-refractivity contribution in [2.75, 3.05) is 5.43 Å². The van der Waals surface area contributed by atoms with Crippen LogP contribution in [0.2, 0.25) is 5.15 Å². The Bertz CT molecular complexity index is 297. The largest absolute Gasteiger partial charge is 0.307 e. The molecular weight excluding hydrogens is 176 g/mol. The molecule has 4 nitrogen and oxygen atoms in total. The molecule has 0 unspecified atom stereocenters. The predicted molar refractivity (Wildman–Crippen MR) is 46.8 cm³/mol. The van der Waals surface area contributed by atoms with Crippen LogP contribution in [0.4, 0.5) is 5.82 Å². The van der Waals surface area contributed by atoms with Crippen molar-refractivity contribution >= 4 is 17.4 Å². The molecule has 0 saturated heterocycles. The van der Waals surface area contributed by atoms with Gasteiger partial charge >= 0.3 is 0 Å². The third-order valence-electron chi connectivity index (χ3n) is 1.94. The second-order valence-corrected chi connectivity index (χ2v) is 3.25. The molecule has 0 aliphatic heterocycles. The van der Waals surface area contributed by atoms with Crippen LogP contribution in [0.1, 0.15) is 24.3 Å². The molecule has 3 N–H and O–H groups in total. The van der Waals surface area contributed by atoms with Crippen LogP contribution in [0.3, 0.4) is 0 Å². The summed E-state index contributed by atoms with van der Waals surface area (Å²) in [5.74, 6) is 6.33. The summed E-state index contributed by atoms with van der Waals surface area (Å²) in [7, 11) is 0. The molecule has 64 valence electrons. The molecule has 1 heterocycles. The number of hydrazine groups is 1. The van der Waals surface area contributed by atoms with E-state index in [9.17, 15) is 0 Å². The molecule has 0 spiro atoms. The summed E-state index contributed by atoms with van der Waals surface area (Å²) >= 11 is 5.85. The van der Waals surface area contributed by atoms with E-state index in [1.165, 1.54) is 12.8 Å². The van der Waals surface area contributed by atoms with E-state index in [-0.39, 0.29) is 0 Å². The van der Waals surface area contributed by atoms with Gasteiger partial charge < -0.3 is 5.43 Å². The molecule has 1 saturated carbocycles. The van der Waals surface area contributed by atoms with Crippen LogP contribution < -0.4 is 11.3 Å². The lowest BCUT2D eigenvalue weighted by Crippen LogP contribution is -2.09. The fourth-order valence-electron chi connectivity index (χ4n) is 1.14. The van der Waals surface area contributed by atoms with Gasteiger partial charge in [0.1, 0.15) is 0 Å². The Kier molecular flexibility index (Phi) is 1.86. The third-order valence-corrected chi connectivity index (χ3v) is 2.23. The Hall–Kier alpha value is -0.870. The Morgan fingerprint density at radius 3 is 2.83 bits per heavy atom. The Balaban J connectivity index is 2.36. The molecule has 1 aromatic rings. The minimum atomic E-state index is 0.497. The average Bonchev–Trinajstić information content (AvgIpc) is 2.88. The van der Waals surface area contributed by atoms with Crippen molar-refractivity contribution in [3.63, 3.8) is 0 Å². The molecule has 0 atom stereocenters. The highest BCUT2D eigenvalue weighted by Crippen LogP contribution is 2.42. The summed E-state index contributed by atoms with van der Waals surface area (Å²) in [6.07, 6.45) is 2.38. The van der Waals surface area contributed by atoms with Gasteiger partial charge in [0.05, 0.1) is 0 Å². The summed E-state index contributed by atoms with van der Waals surface area (Å²) < 4.78 is 0. The molecule has 12 heavy (non-hydrogen) atoms. The summed E-state index contributed by atoms with van der Waals surface area (Å²) in [5, 5.41) is 8.03. The van der Waals surface area contributed by atoms with Crippen molar-refractivity contribution in [2.24, 2.45) is 5.84 Å². The Labute approximate surface area is 75.1 Å². The van der Waals surface area contributed by atoms with Crippen LogP contribution in [-0.2, 0) is 0 Å². The zero-order chi connectivity index (χ0) is 8.55. The number of nitrogens with two attached hydrogens (primary N) is 1.